The number of aryl methyl sites for hydroxylation is 1. The van der Waals surface area contributed by atoms with E-state index in [4.69, 9.17) is 14.3 Å². The lowest BCUT2D eigenvalue weighted by atomic mass is 10.0. The normalized spacial score (nSPS) is 14.7. The summed E-state index contributed by atoms with van der Waals surface area (Å²) in [4.78, 5) is 29.0. The maximum absolute atomic E-state index is 12.8. The third-order valence-corrected chi connectivity index (χ3v) is 4.97. The fourth-order valence-electron chi connectivity index (χ4n) is 3.42. The third kappa shape index (κ3) is 5.09. The molecule has 9 heteroatoms. The minimum atomic E-state index is -0.884. The van der Waals surface area contributed by atoms with E-state index in [0.29, 0.717) is 17.2 Å². The number of amides is 1. The van der Waals surface area contributed by atoms with E-state index in [1.54, 1.807) is 25.3 Å². The van der Waals surface area contributed by atoms with Crippen LogP contribution < -0.4 is 14.8 Å². The van der Waals surface area contributed by atoms with Gasteiger partial charge in [-0.05, 0) is 36.8 Å². The molecule has 3 aromatic carbocycles. The highest BCUT2D eigenvalue weighted by Gasteiger charge is 2.30. The zero-order chi connectivity index (χ0) is 23.4. The van der Waals surface area contributed by atoms with Gasteiger partial charge in [0.2, 0.25) is 6.10 Å². The number of nitro groups is 1. The van der Waals surface area contributed by atoms with Crippen LogP contribution in [0, 0.1) is 17.0 Å². The summed E-state index contributed by atoms with van der Waals surface area (Å²) in [5, 5.41) is 18.1. The number of anilines is 1. The van der Waals surface area contributed by atoms with Crippen molar-refractivity contribution in [3.63, 3.8) is 0 Å². The summed E-state index contributed by atoms with van der Waals surface area (Å²) in [5.41, 5.74) is 2.30. The maximum Gasteiger partial charge on any atom is 0.275 e. The number of non-ortho nitro benzene ring substituents is 1. The Morgan fingerprint density at radius 1 is 1.12 bits per heavy atom. The first-order valence-electron chi connectivity index (χ1n) is 10.1. The van der Waals surface area contributed by atoms with E-state index in [9.17, 15) is 14.9 Å². The van der Waals surface area contributed by atoms with Crippen molar-refractivity contribution in [1.82, 2.24) is 0 Å². The van der Waals surface area contributed by atoms with Crippen LogP contribution in [0.2, 0.25) is 0 Å². The fraction of sp³-hybridized carbons (Fsp3) is 0.167. The molecule has 0 spiro atoms. The van der Waals surface area contributed by atoms with Crippen molar-refractivity contribution in [3.8, 4) is 17.2 Å². The number of rotatable bonds is 7. The fourth-order valence-corrected chi connectivity index (χ4v) is 3.42. The van der Waals surface area contributed by atoms with Crippen molar-refractivity contribution < 1.29 is 24.0 Å². The molecule has 1 unspecified atom stereocenters. The summed E-state index contributed by atoms with van der Waals surface area (Å²) in [7, 11) is 1.55. The molecule has 0 bridgehead atoms. The summed E-state index contributed by atoms with van der Waals surface area (Å²) in [6, 6.07) is 18.7. The van der Waals surface area contributed by atoms with E-state index in [2.05, 4.69) is 10.5 Å². The predicted molar refractivity (Wildman–Crippen MR) is 122 cm³/mol. The zero-order valence-electron chi connectivity index (χ0n) is 18.0. The quantitative estimate of drug-likeness (QED) is 0.410. The Hall–Kier alpha value is -4.40. The molecule has 4 rings (SSSR count). The van der Waals surface area contributed by atoms with Crippen LogP contribution in [0.5, 0.6) is 17.2 Å². The number of nitro benzene ring substituents is 1. The Morgan fingerprint density at radius 3 is 2.70 bits per heavy atom. The van der Waals surface area contributed by atoms with E-state index >= 15 is 0 Å². The average Bonchev–Trinajstić information content (AvgIpc) is 3.29. The molecule has 1 aliphatic rings. The first-order chi connectivity index (χ1) is 15.9. The van der Waals surface area contributed by atoms with Crippen molar-refractivity contribution in [1.29, 1.82) is 0 Å². The molecular weight excluding hydrogens is 426 g/mol. The molecule has 1 heterocycles. The highest BCUT2D eigenvalue weighted by Crippen LogP contribution is 2.31. The van der Waals surface area contributed by atoms with Gasteiger partial charge in [-0.1, -0.05) is 29.4 Å². The Kier molecular flexibility index (Phi) is 6.21. The number of methoxy groups -OCH3 is 1. The Morgan fingerprint density at radius 2 is 1.94 bits per heavy atom. The second-order valence-corrected chi connectivity index (χ2v) is 7.42. The summed E-state index contributed by atoms with van der Waals surface area (Å²) in [5.74, 6) is 0.897. The molecule has 1 atom stereocenters. The molecule has 1 amide bonds. The molecule has 3 aromatic rings. The van der Waals surface area contributed by atoms with Crippen molar-refractivity contribution >= 4 is 23.0 Å². The van der Waals surface area contributed by atoms with Crippen LogP contribution in [0.15, 0.2) is 71.9 Å². The first-order valence-corrected chi connectivity index (χ1v) is 10.1. The van der Waals surface area contributed by atoms with Gasteiger partial charge < -0.3 is 19.6 Å². The van der Waals surface area contributed by atoms with Crippen molar-refractivity contribution in [2.45, 2.75) is 19.4 Å². The highest BCUT2D eigenvalue weighted by molar-refractivity contribution is 6.07. The molecule has 33 heavy (non-hydrogen) atoms. The second-order valence-electron chi connectivity index (χ2n) is 7.42. The predicted octanol–water partition coefficient (Wildman–Crippen LogP) is 4.84. The van der Waals surface area contributed by atoms with Crippen LogP contribution in [-0.2, 0) is 9.63 Å². The number of hydrogen-bond donors (Lipinski definition) is 1. The van der Waals surface area contributed by atoms with E-state index < -0.39 is 16.9 Å². The van der Waals surface area contributed by atoms with Crippen molar-refractivity contribution in [3.05, 3.63) is 88.0 Å². The molecule has 168 valence electrons. The average molecular weight is 447 g/mol. The Labute approximate surface area is 189 Å². The van der Waals surface area contributed by atoms with Gasteiger partial charge in [0, 0.05) is 24.1 Å². The van der Waals surface area contributed by atoms with E-state index in [-0.39, 0.29) is 23.5 Å². The van der Waals surface area contributed by atoms with Crippen LogP contribution in [0.3, 0.4) is 0 Å². The van der Waals surface area contributed by atoms with Crippen LogP contribution in [0.25, 0.3) is 0 Å². The van der Waals surface area contributed by atoms with Crippen LogP contribution in [0.1, 0.15) is 17.5 Å². The number of hydrogen-bond acceptors (Lipinski definition) is 7. The van der Waals surface area contributed by atoms with Gasteiger partial charge in [0.15, 0.2) is 0 Å². The SMILES string of the molecule is COc1ccccc1C1=NOC(C(=O)Nc2cc(Oc3cccc(C)c3)cc([N+](=O)[O-])c2)C1. The lowest BCUT2D eigenvalue weighted by Crippen LogP contribution is -2.28. The largest absolute Gasteiger partial charge is 0.496 e. The number of para-hydroxylation sites is 1. The highest BCUT2D eigenvalue weighted by atomic mass is 16.6. The minimum absolute atomic E-state index is 0.214. The van der Waals surface area contributed by atoms with E-state index in [0.717, 1.165) is 11.1 Å². The van der Waals surface area contributed by atoms with Crippen LogP contribution >= 0.6 is 0 Å². The summed E-state index contributed by atoms with van der Waals surface area (Å²) >= 11 is 0. The van der Waals surface area contributed by atoms with Crippen LogP contribution in [0.4, 0.5) is 11.4 Å². The van der Waals surface area contributed by atoms with Gasteiger partial charge in [-0.25, -0.2) is 0 Å². The Bertz CT molecular complexity index is 1240. The van der Waals surface area contributed by atoms with Gasteiger partial charge in [-0.15, -0.1) is 0 Å². The molecule has 0 fully saturated rings. The molecule has 0 saturated carbocycles. The Balaban J connectivity index is 1.49. The molecule has 0 radical (unpaired) electrons. The van der Waals surface area contributed by atoms with E-state index in [1.807, 2.05) is 37.3 Å². The number of benzene rings is 3. The lowest BCUT2D eigenvalue weighted by Gasteiger charge is -2.12. The molecule has 0 aliphatic carbocycles. The maximum atomic E-state index is 12.8. The summed E-state index contributed by atoms with van der Waals surface area (Å²) < 4.78 is 11.1. The molecule has 0 saturated heterocycles. The topological polar surface area (TPSA) is 112 Å². The van der Waals surface area contributed by atoms with Gasteiger partial charge in [-0.3, -0.25) is 14.9 Å². The van der Waals surface area contributed by atoms with Crippen molar-refractivity contribution in [2.24, 2.45) is 5.16 Å². The smallest absolute Gasteiger partial charge is 0.275 e. The van der Waals surface area contributed by atoms with Gasteiger partial charge in [0.1, 0.15) is 17.2 Å². The minimum Gasteiger partial charge on any atom is -0.496 e. The first kappa shape index (κ1) is 21.8. The zero-order valence-corrected chi connectivity index (χ0v) is 18.0. The summed E-state index contributed by atoms with van der Waals surface area (Å²) in [6.45, 7) is 1.91. The molecule has 1 aliphatic heterocycles. The second kappa shape index (κ2) is 9.39. The molecule has 9 nitrogen and oxygen atoms in total. The van der Waals surface area contributed by atoms with Gasteiger partial charge in [-0.2, -0.15) is 0 Å². The number of carbonyl (C=O) groups is 1. The number of ether oxygens (including phenoxy) is 2. The van der Waals surface area contributed by atoms with Crippen LogP contribution in [-0.4, -0.2) is 29.8 Å². The molecule has 0 aromatic heterocycles. The number of oxime groups is 1. The standard InChI is InChI=1S/C24H21N3O6/c1-15-6-5-7-18(10-15)32-19-12-16(11-17(13-19)27(29)30)25-24(28)23-14-21(26-33-23)20-8-3-4-9-22(20)31-2/h3-13,23H,14H2,1-2H3,(H,25,28). The van der Waals surface area contributed by atoms with Gasteiger partial charge in [0.25, 0.3) is 11.6 Å². The number of carbonyl (C=O) groups excluding carboxylic acids is 1. The third-order valence-electron chi connectivity index (χ3n) is 4.97. The van der Waals surface area contributed by atoms with Crippen molar-refractivity contribution in [2.75, 3.05) is 12.4 Å². The lowest BCUT2D eigenvalue weighted by molar-refractivity contribution is -0.384. The monoisotopic (exact) mass is 447 g/mol. The number of nitrogens with one attached hydrogen (secondary N) is 1. The summed E-state index contributed by atoms with van der Waals surface area (Å²) in [6.07, 6.45) is -0.654. The van der Waals surface area contributed by atoms with E-state index in [1.165, 1.54) is 18.2 Å². The van der Waals surface area contributed by atoms with Gasteiger partial charge in [0.05, 0.1) is 29.5 Å². The molecule has 1 N–H and O–H groups in total. The van der Waals surface area contributed by atoms with Gasteiger partial charge >= 0.3 is 0 Å². The number of nitrogens with zero attached hydrogens (tertiary/aromatic N) is 2. The molecular formula is C24H21N3O6.